The number of hydrogen-bond acceptors (Lipinski definition) is 4. The molecule has 2 aromatic heterocycles. The second-order valence-corrected chi connectivity index (χ2v) is 7.41. The summed E-state index contributed by atoms with van der Waals surface area (Å²) in [6.07, 6.45) is -3.43. The van der Waals surface area contributed by atoms with E-state index in [1.807, 2.05) is 0 Å². The Morgan fingerprint density at radius 2 is 1.68 bits per heavy atom. The molecule has 0 spiro atoms. The van der Waals surface area contributed by atoms with E-state index in [0.717, 1.165) is 12.3 Å². The summed E-state index contributed by atoms with van der Waals surface area (Å²) in [6.45, 7) is 3.46. The van der Waals surface area contributed by atoms with E-state index in [0.29, 0.717) is 28.2 Å². The standard InChI is InChI=1S/C22H18F4N4O/c1-12-3-9-17(29-20(12)31)19-28-13(2)21(30-19,14-4-7-16(23)8-5-14)15-6-10-18(27-11-15)22(24,25)26/h3-11,13H,1-2H3,(H,28,30)(H,29,31)/t13-,21+/m0/s1. The molecule has 0 fully saturated rings. The molecule has 160 valence electrons. The van der Waals surface area contributed by atoms with Crippen LogP contribution in [0.15, 0.2) is 64.5 Å². The Kier molecular flexibility index (Phi) is 4.91. The summed E-state index contributed by atoms with van der Waals surface area (Å²) in [5.41, 5.74) is -0.408. The highest BCUT2D eigenvalue weighted by Crippen LogP contribution is 2.39. The lowest BCUT2D eigenvalue weighted by molar-refractivity contribution is -0.141. The summed E-state index contributed by atoms with van der Waals surface area (Å²) >= 11 is 0. The Morgan fingerprint density at radius 3 is 2.26 bits per heavy atom. The van der Waals surface area contributed by atoms with Crippen molar-refractivity contribution in [3.63, 3.8) is 0 Å². The maximum atomic E-state index is 13.6. The lowest BCUT2D eigenvalue weighted by atomic mass is 9.79. The van der Waals surface area contributed by atoms with Crippen molar-refractivity contribution in [2.24, 2.45) is 4.99 Å². The third-order valence-electron chi connectivity index (χ3n) is 5.44. The van der Waals surface area contributed by atoms with Crippen LogP contribution in [-0.2, 0) is 11.7 Å². The third kappa shape index (κ3) is 3.60. The molecule has 3 aromatic rings. The van der Waals surface area contributed by atoms with Crippen molar-refractivity contribution in [3.8, 4) is 0 Å². The quantitative estimate of drug-likeness (QED) is 0.619. The molecule has 0 aliphatic carbocycles. The number of H-pyrrole nitrogens is 1. The topological polar surface area (TPSA) is 70.1 Å². The van der Waals surface area contributed by atoms with Crippen molar-refractivity contribution in [1.29, 1.82) is 0 Å². The smallest absolute Gasteiger partial charge is 0.353 e. The molecule has 5 nitrogen and oxygen atoms in total. The first-order chi connectivity index (χ1) is 14.6. The molecule has 0 saturated carbocycles. The third-order valence-corrected chi connectivity index (χ3v) is 5.44. The number of aliphatic imine (C=N–C) groups is 1. The van der Waals surface area contributed by atoms with Gasteiger partial charge in [-0.3, -0.25) is 14.8 Å². The van der Waals surface area contributed by atoms with Gasteiger partial charge in [0.1, 0.15) is 22.9 Å². The SMILES string of the molecule is Cc1ccc(C2=N[C@@H](C)[C@@](c3ccc(F)cc3)(c3ccc(C(F)(F)F)nc3)N2)[nH]c1=O. The molecule has 0 amide bonds. The van der Waals surface area contributed by atoms with E-state index >= 15 is 0 Å². The Bertz CT molecular complexity index is 1200. The number of aromatic nitrogens is 2. The molecule has 1 aliphatic rings. The Labute approximate surface area is 174 Å². The van der Waals surface area contributed by atoms with Crippen molar-refractivity contribution < 1.29 is 17.6 Å². The highest BCUT2D eigenvalue weighted by atomic mass is 19.4. The molecule has 2 atom stereocenters. The molecule has 0 radical (unpaired) electrons. The molecule has 1 aliphatic heterocycles. The van der Waals surface area contributed by atoms with Gasteiger partial charge >= 0.3 is 6.18 Å². The number of alkyl halides is 3. The monoisotopic (exact) mass is 430 g/mol. The van der Waals surface area contributed by atoms with Gasteiger partial charge in [0.05, 0.1) is 11.7 Å². The highest BCUT2D eigenvalue weighted by molar-refractivity contribution is 5.99. The molecule has 0 unspecified atom stereocenters. The van der Waals surface area contributed by atoms with Crippen LogP contribution >= 0.6 is 0 Å². The van der Waals surface area contributed by atoms with Gasteiger partial charge in [-0.1, -0.05) is 24.3 Å². The van der Waals surface area contributed by atoms with E-state index in [2.05, 4.69) is 20.3 Å². The molecule has 31 heavy (non-hydrogen) atoms. The summed E-state index contributed by atoms with van der Waals surface area (Å²) in [5.74, 6) is -0.0760. The Balaban J connectivity index is 1.83. The number of hydrogen-bond donors (Lipinski definition) is 2. The molecular formula is C22H18F4N4O. The average Bonchev–Trinajstić information content (AvgIpc) is 3.08. The zero-order valence-electron chi connectivity index (χ0n) is 16.6. The second kappa shape index (κ2) is 7.33. The zero-order chi connectivity index (χ0) is 22.4. The number of aromatic amines is 1. The number of nitrogens with one attached hydrogen (secondary N) is 2. The largest absolute Gasteiger partial charge is 0.433 e. The van der Waals surface area contributed by atoms with Gasteiger partial charge in [0.25, 0.3) is 5.56 Å². The second-order valence-electron chi connectivity index (χ2n) is 7.41. The Hall–Kier alpha value is -3.49. The summed E-state index contributed by atoms with van der Waals surface area (Å²) < 4.78 is 52.6. The van der Waals surface area contributed by atoms with Gasteiger partial charge in [-0.2, -0.15) is 13.2 Å². The van der Waals surface area contributed by atoms with E-state index in [9.17, 15) is 22.4 Å². The number of amidine groups is 1. The minimum atomic E-state index is -4.57. The number of pyridine rings is 2. The first-order valence-electron chi connectivity index (χ1n) is 9.47. The summed E-state index contributed by atoms with van der Waals surface area (Å²) in [4.78, 5) is 23.0. The van der Waals surface area contributed by atoms with Crippen LogP contribution in [0.3, 0.4) is 0 Å². The van der Waals surface area contributed by atoms with Crippen LogP contribution in [0.1, 0.15) is 35.0 Å². The molecule has 0 bridgehead atoms. The van der Waals surface area contributed by atoms with Gasteiger partial charge in [-0.15, -0.1) is 0 Å². The number of nitrogens with zero attached hydrogens (tertiary/aromatic N) is 2. The number of benzene rings is 1. The Morgan fingerprint density at radius 1 is 1.00 bits per heavy atom. The highest BCUT2D eigenvalue weighted by Gasteiger charge is 2.46. The van der Waals surface area contributed by atoms with Crippen molar-refractivity contribution >= 4 is 5.84 Å². The van der Waals surface area contributed by atoms with E-state index in [4.69, 9.17) is 0 Å². The van der Waals surface area contributed by atoms with E-state index in [1.165, 1.54) is 18.2 Å². The van der Waals surface area contributed by atoms with E-state index < -0.39 is 29.3 Å². The number of halogens is 4. The first kappa shape index (κ1) is 20.8. The molecule has 4 rings (SSSR count). The summed E-state index contributed by atoms with van der Waals surface area (Å²) in [7, 11) is 0. The van der Waals surface area contributed by atoms with Gasteiger partial charge in [-0.05, 0) is 43.7 Å². The van der Waals surface area contributed by atoms with Gasteiger partial charge in [0.2, 0.25) is 0 Å². The average molecular weight is 430 g/mol. The van der Waals surface area contributed by atoms with E-state index in [1.54, 1.807) is 38.1 Å². The fourth-order valence-corrected chi connectivity index (χ4v) is 3.74. The molecule has 1 aromatic carbocycles. The minimum Gasteiger partial charge on any atom is -0.353 e. The van der Waals surface area contributed by atoms with Gasteiger partial charge in [-0.25, -0.2) is 4.39 Å². The fourth-order valence-electron chi connectivity index (χ4n) is 3.74. The minimum absolute atomic E-state index is 0.273. The lowest BCUT2D eigenvalue weighted by Gasteiger charge is -2.34. The maximum Gasteiger partial charge on any atom is 0.433 e. The summed E-state index contributed by atoms with van der Waals surface area (Å²) in [6, 6.07) is 10.7. The van der Waals surface area contributed by atoms with Crippen molar-refractivity contribution in [3.05, 3.63) is 99.0 Å². The van der Waals surface area contributed by atoms with Crippen molar-refractivity contribution in [2.45, 2.75) is 31.6 Å². The zero-order valence-corrected chi connectivity index (χ0v) is 16.6. The normalized spacial score (nSPS) is 21.0. The fraction of sp³-hybridized carbons (Fsp3) is 0.227. The molecule has 9 heteroatoms. The van der Waals surface area contributed by atoms with Crippen molar-refractivity contribution in [1.82, 2.24) is 15.3 Å². The van der Waals surface area contributed by atoms with Gasteiger partial charge in [0, 0.05) is 17.3 Å². The predicted molar refractivity (Wildman–Crippen MR) is 107 cm³/mol. The van der Waals surface area contributed by atoms with Gasteiger partial charge in [0.15, 0.2) is 0 Å². The number of rotatable bonds is 3. The van der Waals surface area contributed by atoms with Crippen LogP contribution in [0.5, 0.6) is 0 Å². The van der Waals surface area contributed by atoms with Crippen LogP contribution in [0.4, 0.5) is 17.6 Å². The van der Waals surface area contributed by atoms with Crippen molar-refractivity contribution in [2.75, 3.05) is 0 Å². The molecule has 3 heterocycles. The van der Waals surface area contributed by atoms with Crippen LogP contribution in [0.25, 0.3) is 0 Å². The maximum absolute atomic E-state index is 13.6. The van der Waals surface area contributed by atoms with Gasteiger partial charge < -0.3 is 10.3 Å². The van der Waals surface area contributed by atoms with Crippen LogP contribution in [-0.4, -0.2) is 21.8 Å². The van der Waals surface area contributed by atoms with Crippen LogP contribution in [0.2, 0.25) is 0 Å². The van der Waals surface area contributed by atoms with E-state index in [-0.39, 0.29) is 5.56 Å². The number of aryl methyl sites for hydroxylation is 1. The molecular weight excluding hydrogens is 412 g/mol. The molecule has 0 saturated heterocycles. The predicted octanol–water partition coefficient (Wildman–Crippen LogP) is 3.92. The summed E-state index contributed by atoms with van der Waals surface area (Å²) in [5, 5.41) is 3.26. The first-order valence-corrected chi connectivity index (χ1v) is 9.47. The lowest BCUT2D eigenvalue weighted by Crippen LogP contribution is -2.48. The van der Waals surface area contributed by atoms with Crippen LogP contribution < -0.4 is 10.9 Å². The van der Waals surface area contributed by atoms with Crippen LogP contribution in [0, 0.1) is 12.7 Å². The molecule has 2 N–H and O–H groups in total.